The van der Waals surface area contributed by atoms with Crippen molar-refractivity contribution in [3.63, 3.8) is 0 Å². The van der Waals surface area contributed by atoms with Gasteiger partial charge in [0, 0.05) is 32.2 Å². The molecule has 1 atom stereocenters. The number of aromatic hydroxyl groups is 1. The molecule has 1 aromatic carbocycles. The summed E-state index contributed by atoms with van der Waals surface area (Å²) in [7, 11) is 0. The third-order valence-corrected chi connectivity index (χ3v) is 5.28. The highest BCUT2D eigenvalue weighted by Crippen LogP contribution is 2.32. The molecule has 25 heavy (non-hydrogen) atoms. The summed E-state index contributed by atoms with van der Waals surface area (Å²) in [5, 5.41) is 9.76. The number of hydrogen-bond donors (Lipinski definition) is 1. The van der Waals surface area contributed by atoms with Gasteiger partial charge in [-0.2, -0.15) is 0 Å². The molecule has 1 saturated carbocycles. The van der Waals surface area contributed by atoms with E-state index >= 15 is 0 Å². The zero-order valence-corrected chi connectivity index (χ0v) is 15.4. The summed E-state index contributed by atoms with van der Waals surface area (Å²) >= 11 is 0. The lowest BCUT2D eigenvalue weighted by molar-refractivity contribution is -0.133. The molecule has 0 aromatic heterocycles. The molecule has 0 spiro atoms. The molecule has 0 bridgehead atoms. The number of phenolic OH excluding ortho intramolecular Hbond substituents is 1. The second-order valence-electron chi connectivity index (χ2n) is 7.70. The standard InChI is InChI=1S/C20H30N2O3/c1-15(2)17-13-22(11-5-10-21(17)12-16-8-9-16)20(24)14-25-19-7-4-3-6-18(19)23/h3-4,6-7,15-17,23H,5,8-14H2,1-2H3. The van der Waals surface area contributed by atoms with Crippen LogP contribution in [0.1, 0.15) is 33.1 Å². The van der Waals surface area contributed by atoms with E-state index in [1.807, 2.05) is 4.90 Å². The van der Waals surface area contributed by atoms with Crippen LogP contribution in [0.5, 0.6) is 11.5 Å². The van der Waals surface area contributed by atoms with Crippen molar-refractivity contribution in [2.45, 2.75) is 39.2 Å². The highest BCUT2D eigenvalue weighted by molar-refractivity contribution is 5.78. The van der Waals surface area contributed by atoms with Crippen LogP contribution < -0.4 is 4.74 Å². The molecule has 1 heterocycles. The Morgan fingerprint density at radius 3 is 2.72 bits per heavy atom. The van der Waals surface area contributed by atoms with Gasteiger partial charge in [-0.05, 0) is 43.2 Å². The molecule has 5 nitrogen and oxygen atoms in total. The molecule has 138 valence electrons. The van der Waals surface area contributed by atoms with Crippen LogP contribution in [0.2, 0.25) is 0 Å². The molecule has 1 aromatic rings. The van der Waals surface area contributed by atoms with Gasteiger partial charge in [0.05, 0.1) is 0 Å². The largest absolute Gasteiger partial charge is 0.504 e. The van der Waals surface area contributed by atoms with Crippen LogP contribution in [-0.4, -0.2) is 59.6 Å². The minimum Gasteiger partial charge on any atom is -0.504 e. The van der Waals surface area contributed by atoms with Gasteiger partial charge in [-0.1, -0.05) is 26.0 Å². The number of nitrogens with zero attached hydrogens (tertiary/aromatic N) is 2. The number of phenols is 1. The van der Waals surface area contributed by atoms with Gasteiger partial charge in [-0.15, -0.1) is 0 Å². The summed E-state index contributed by atoms with van der Waals surface area (Å²) in [6.07, 6.45) is 3.73. The number of para-hydroxylation sites is 2. The number of carbonyl (C=O) groups is 1. The van der Waals surface area contributed by atoms with Crippen molar-refractivity contribution in [1.82, 2.24) is 9.80 Å². The van der Waals surface area contributed by atoms with Crippen molar-refractivity contribution >= 4 is 5.91 Å². The Morgan fingerprint density at radius 1 is 1.28 bits per heavy atom. The first kappa shape index (κ1) is 18.1. The molecule has 2 aliphatic rings. The van der Waals surface area contributed by atoms with Crippen molar-refractivity contribution in [1.29, 1.82) is 0 Å². The first-order valence-corrected chi connectivity index (χ1v) is 9.47. The molecule has 3 rings (SSSR count). The van der Waals surface area contributed by atoms with E-state index in [9.17, 15) is 9.90 Å². The van der Waals surface area contributed by atoms with Crippen LogP contribution in [0.25, 0.3) is 0 Å². The van der Waals surface area contributed by atoms with Crippen LogP contribution in [0, 0.1) is 11.8 Å². The Hall–Kier alpha value is -1.75. The molecular formula is C20H30N2O3. The normalized spacial score (nSPS) is 22.0. The van der Waals surface area contributed by atoms with E-state index in [0.29, 0.717) is 17.7 Å². The molecule has 1 aliphatic carbocycles. The summed E-state index contributed by atoms with van der Waals surface area (Å²) in [5.41, 5.74) is 0. The van der Waals surface area contributed by atoms with E-state index in [0.717, 1.165) is 32.0 Å². The molecule has 1 aliphatic heterocycles. The third kappa shape index (κ3) is 4.88. The van der Waals surface area contributed by atoms with Gasteiger partial charge in [0.15, 0.2) is 18.1 Å². The third-order valence-electron chi connectivity index (χ3n) is 5.28. The Morgan fingerprint density at radius 2 is 2.04 bits per heavy atom. The highest BCUT2D eigenvalue weighted by Gasteiger charge is 2.33. The van der Waals surface area contributed by atoms with Crippen LogP contribution in [0.3, 0.4) is 0 Å². The van der Waals surface area contributed by atoms with Gasteiger partial charge in [-0.25, -0.2) is 0 Å². The zero-order chi connectivity index (χ0) is 17.8. The van der Waals surface area contributed by atoms with E-state index in [4.69, 9.17) is 4.74 Å². The SMILES string of the molecule is CC(C)C1CN(C(=O)COc2ccccc2O)CCCN1CC1CC1. The van der Waals surface area contributed by atoms with Gasteiger partial charge in [0.25, 0.3) is 5.91 Å². The number of rotatable bonds is 6. The van der Waals surface area contributed by atoms with Crippen molar-refractivity contribution in [2.24, 2.45) is 11.8 Å². The van der Waals surface area contributed by atoms with E-state index < -0.39 is 0 Å². The predicted molar refractivity (Wildman–Crippen MR) is 97.7 cm³/mol. The summed E-state index contributed by atoms with van der Waals surface area (Å²) in [6, 6.07) is 7.18. The average Bonchev–Trinajstić information content (AvgIpc) is 3.41. The van der Waals surface area contributed by atoms with E-state index in [2.05, 4.69) is 18.7 Å². The number of hydrogen-bond acceptors (Lipinski definition) is 4. The minimum atomic E-state index is -0.0228. The van der Waals surface area contributed by atoms with Gasteiger partial charge < -0.3 is 14.7 Å². The lowest BCUT2D eigenvalue weighted by Crippen LogP contribution is -2.47. The van der Waals surface area contributed by atoms with Gasteiger partial charge >= 0.3 is 0 Å². The number of amides is 1. The number of ether oxygens (including phenoxy) is 1. The Bertz CT molecular complexity index is 586. The van der Waals surface area contributed by atoms with Crippen LogP contribution >= 0.6 is 0 Å². The smallest absolute Gasteiger partial charge is 0.260 e. The zero-order valence-electron chi connectivity index (χ0n) is 15.4. The van der Waals surface area contributed by atoms with Crippen LogP contribution in [0.4, 0.5) is 0 Å². The molecular weight excluding hydrogens is 316 g/mol. The fourth-order valence-corrected chi connectivity index (χ4v) is 3.59. The lowest BCUT2D eigenvalue weighted by Gasteiger charge is -2.34. The van der Waals surface area contributed by atoms with Crippen molar-refractivity contribution in [3.8, 4) is 11.5 Å². The first-order chi connectivity index (χ1) is 12.0. The van der Waals surface area contributed by atoms with Crippen LogP contribution in [-0.2, 0) is 4.79 Å². The number of carbonyl (C=O) groups excluding carboxylic acids is 1. The maximum Gasteiger partial charge on any atom is 0.260 e. The topological polar surface area (TPSA) is 53.0 Å². The second kappa shape index (κ2) is 8.09. The first-order valence-electron chi connectivity index (χ1n) is 9.47. The van der Waals surface area contributed by atoms with Gasteiger partial charge in [-0.3, -0.25) is 9.69 Å². The Balaban J connectivity index is 1.58. The molecule has 2 fully saturated rings. The molecule has 1 amide bonds. The van der Waals surface area contributed by atoms with E-state index in [1.54, 1.807) is 24.3 Å². The summed E-state index contributed by atoms with van der Waals surface area (Å²) in [6.45, 7) is 8.28. The van der Waals surface area contributed by atoms with E-state index in [1.165, 1.54) is 19.4 Å². The van der Waals surface area contributed by atoms with E-state index in [-0.39, 0.29) is 18.3 Å². The average molecular weight is 346 g/mol. The van der Waals surface area contributed by atoms with Crippen molar-refractivity contribution in [2.75, 3.05) is 32.8 Å². The fourth-order valence-electron chi connectivity index (χ4n) is 3.59. The fraction of sp³-hybridized carbons (Fsp3) is 0.650. The monoisotopic (exact) mass is 346 g/mol. The maximum atomic E-state index is 12.6. The molecule has 1 saturated heterocycles. The highest BCUT2D eigenvalue weighted by atomic mass is 16.5. The minimum absolute atomic E-state index is 0.00201. The molecule has 1 unspecified atom stereocenters. The van der Waals surface area contributed by atoms with Gasteiger partial charge in [0.2, 0.25) is 0 Å². The Labute approximate surface area is 150 Å². The Kier molecular flexibility index (Phi) is 5.84. The molecule has 0 radical (unpaired) electrons. The second-order valence-corrected chi connectivity index (χ2v) is 7.70. The summed E-state index contributed by atoms with van der Waals surface area (Å²) in [4.78, 5) is 17.2. The van der Waals surface area contributed by atoms with Crippen molar-refractivity contribution < 1.29 is 14.6 Å². The van der Waals surface area contributed by atoms with Gasteiger partial charge in [0.1, 0.15) is 0 Å². The predicted octanol–water partition coefficient (Wildman–Crippen LogP) is 2.74. The molecule has 5 heteroatoms. The van der Waals surface area contributed by atoms with Crippen molar-refractivity contribution in [3.05, 3.63) is 24.3 Å². The lowest BCUT2D eigenvalue weighted by atomic mass is 10.0. The quantitative estimate of drug-likeness (QED) is 0.860. The number of benzene rings is 1. The molecule has 1 N–H and O–H groups in total. The summed E-state index contributed by atoms with van der Waals surface area (Å²) < 4.78 is 5.53. The maximum absolute atomic E-state index is 12.6. The van der Waals surface area contributed by atoms with Crippen LogP contribution in [0.15, 0.2) is 24.3 Å². The summed E-state index contributed by atoms with van der Waals surface area (Å²) in [5.74, 6) is 1.82.